The van der Waals surface area contributed by atoms with Crippen molar-refractivity contribution in [2.75, 3.05) is 7.11 Å². The van der Waals surface area contributed by atoms with Crippen LogP contribution >= 0.6 is 12.4 Å². The number of hydrogen-bond donors (Lipinski definition) is 2. The highest BCUT2D eigenvalue weighted by atomic mass is 35.5. The van der Waals surface area contributed by atoms with Gasteiger partial charge >= 0.3 is 5.97 Å². The average Bonchev–Trinajstić information content (AvgIpc) is 2.16. The smallest absolute Gasteiger partial charge is 0.325 e. The fourth-order valence-corrected chi connectivity index (χ4v) is 1.82. The minimum Gasteiger partial charge on any atom is -0.468 e. The van der Waals surface area contributed by atoms with Crippen LogP contribution in [0.25, 0.3) is 0 Å². The molecule has 1 atom stereocenters. The molecule has 1 unspecified atom stereocenters. The number of methoxy groups -OCH3 is 1. The maximum absolute atomic E-state index is 11.1. The Morgan fingerprint density at radius 3 is 2.36 bits per heavy atom. The molecule has 0 aromatic carbocycles. The Kier molecular flexibility index (Phi) is 5.41. The van der Waals surface area contributed by atoms with Gasteiger partial charge in [0, 0.05) is 0 Å². The lowest BCUT2D eigenvalue weighted by molar-refractivity contribution is -0.150. The first-order chi connectivity index (χ1) is 6.10. The third kappa shape index (κ3) is 2.83. The van der Waals surface area contributed by atoms with E-state index >= 15 is 0 Å². The first-order valence-electron chi connectivity index (χ1n) is 4.66. The monoisotopic (exact) mass is 223 g/mol. The third-order valence-electron chi connectivity index (χ3n) is 2.75. The molecule has 1 aliphatic rings. The molecule has 0 spiro atoms. The molecule has 1 rings (SSSR count). The summed E-state index contributed by atoms with van der Waals surface area (Å²) in [5.41, 5.74) is 4.58. The Bertz CT molecular complexity index is 192. The summed E-state index contributed by atoms with van der Waals surface area (Å²) >= 11 is 0. The van der Waals surface area contributed by atoms with Crippen molar-refractivity contribution in [1.29, 1.82) is 0 Å². The third-order valence-corrected chi connectivity index (χ3v) is 2.75. The van der Waals surface area contributed by atoms with E-state index in [-0.39, 0.29) is 12.4 Å². The first-order valence-corrected chi connectivity index (χ1v) is 4.66. The molecule has 84 valence electrons. The minimum absolute atomic E-state index is 0. The van der Waals surface area contributed by atoms with Crippen molar-refractivity contribution in [2.24, 2.45) is 5.73 Å². The second kappa shape index (κ2) is 5.53. The Balaban J connectivity index is 0.00000169. The number of carbonyl (C=O) groups excluding carboxylic acids is 1. The normalized spacial score (nSPS) is 21.9. The van der Waals surface area contributed by atoms with E-state index in [1.807, 2.05) is 0 Å². The largest absolute Gasteiger partial charge is 0.468 e. The van der Waals surface area contributed by atoms with Gasteiger partial charge in [-0.1, -0.05) is 19.3 Å². The summed E-state index contributed by atoms with van der Waals surface area (Å²) in [5, 5.41) is 10.0. The summed E-state index contributed by atoms with van der Waals surface area (Å²) in [6.07, 6.45) is 4.17. The van der Waals surface area contributed by atoms with Crippen molar-refractivity contribution in [3.63, 3.8) is 0 Å². The van der Waals surface area contributed by atoms with Crippen molar-refractivity contribution >= 4 is 18.4 Å². The van der Waals surface area contributed by atoms with Gasteiger partial charge in [-0.3, -0.25) is 4.79 Å². The van der Waals surface area contributed by atoms with E-state index in [9.17, 15) is 9.90 Å². The van der Waals surface area contributed by atoms with E-state index in [1.165, 1.54) is 7.11 Å². The number of esters is 1. The molecule has 0 bridgehead atoms. The van der Waals surface area contributed by atoms with Crippen LogP contribution in [-0.4, -0.2) is 29.8 Å². The number of hydrogen-bond acceptors (Lipinski definition) is 4. The molecule has 3 N–H and O–H groups in total. The SMILES string of the molecule is COC(=O)C(N)C1(O)CCCCC1.Cl. The highest BCUT2D eigenvalue weighted by Gasteiger charge is 2.40. The molecular formula is C9H18ClNO3. The number of aliphatic hydroxyl groups is 1. The highest BCUT2D eigenvalue weighted by Crippen LogP contribution is 2.30. The van der Waals surface area contributed by atoms with Crippen LogP contribution in [0.2, 0.25) is 0 Å². The molecule has 1 aliphatic carbocycles. The van der Waals surface area contributed by atoms with Gasteiger partial charge in [-0.05, 0) is 12.8 Å². The second-order valence-corrected chi connectivity index (χ2v) is 3.67. The van der Waals surface area contributed by atoms with Crippen molar-refractivity contribution in [1.82, 2.24) is 0 Å². The van der Waals surface area contributed by atoms with E-state index in [2.05, 4.69) is 4.74 Å². The standard InChI is InChI=1S/C9H17NO3.ClH/c1-13-8(11)7(10)9(12)5-3-2-4-6-9;/h7,12H,2-6,10H2,1H3;1H. The molecule has 0 radical (unpaired) electrons. The molecule has 0 aromatic heterocycles. The average molecular weight is 224 g/mol. The lowest BCUT2D eigenvalue weighted by Crippen LogP contribution is -2.54. The lowest BCUT2D eigenvalue weighted by Gasteiger charge is -2.35. The number of rotatable bonds is 2. The van der Waals surface area contributed by atoms with Crippen LogP contribution in [0.3, 0.4) is 0 Å². The van der Waals surface area contributed by atoms with Gasteiger partial charge in [0.25, 0.3) is 0 Å². The van der Waals surface area contributed by atoms with Crippen LogP contribution < -0.4 is 5.73 Å². The zero-order valence-electron chi connectivity index (χ0n) is 8.36. The Labute approximate surface area is 90.2 Å². The fourth-order valence-electron chi connectivity index (χ4n) is 1.82. The summed E-state index contributed by atoms with van der Waals surface area (Å²) in [7, 11) is 1.29. The minimum atomic E-state index is -1.04. The molecule has 14 heavy (non-hydrogen) atoms. The molecule has 4 nitrogen and oxygen atoms in total. The van der Waals surface area contributed by atoms with Crippen LogP contribution in [0.5, 0.6) is 0 Å². The summed E-state index contributed by atoms with van der Waals surface area (Å²) in [5.74, 6) is -0.524. The molecule has 0 heterocycles. The van der Waals surface area contributed by atoms with E-state index in [0.29, 0.717) is 12.8 Å². The van der Waals surface area contributed by atoms with Gasteiger partial charge in [0.05, 0.1) is 12.7 Å². The van der Waals surface area contributed by atoms with Crippen LogP contribution in [0.4, 0.5) is 0 Å². The molecule has 1 saturated carbocycles. The predicted octanol–water partition coefficient (Wildman–Crippen LogP) is 0.604. The zero-order chi connectivity index (χ0) is 9.90. The first kappa shape index (κ1) is 13.7. The van der Waals surface area contributed by atoms with Crippen LogP contribution in [0.1, 0.15) is 32.1 Å². The molecule has 5 heteroatoms. The number of ether oxygens (including phenoxy) is 1. The molecule has 0 saturated heterocycles. The molecule has 0 aromatic rings. The van der Waals surface area contributed by atoms with Gasteiger partial charge in [0.15, 0.2) is 0 Å². The quantitative estimate of drug-likeness (QED) is 0.673. The summed E-state index contributed by atoms with van der Waals surface area (Å²) in [4.78, 5) is 11.1. The number of halogens is 1. The Hall–Kier alpha value is -0.320. The van der Waals surface area contributed by atoms with Crippen molar-refractivity contribution in [3.05, 3.63) is 0 Å². The molecule has 1 fully saturated rings. The van der Waals surface area contributed by atoms with Gasteiger partial charge in [-0.2, -0.15) is 0 Å². The second-order valence-electron chi connectivity index (χ2n) is 3.67. The zero-order valence-corrected chi connectivity index (χ0v) is 9.18. The van der Waals surface area contributed by atoms with Crippen molar-refractivity contribution in [3.8, 4) is 0 Å². The van der Waals surface area contributed by atoms with Crippen molar-refractivity contribution in [2.45, 2.75) is 43.7 Å². The van der Waals surface area contributed by atoms with Gasteiger partial charge in [-0.15, -0.1) is 12.4 Å². The van der Waals surface area contributed by atoms with Gasteiger partial charge < -0.3 is 15.6 Å². The van der Waals surface area contributed by atoms with Crippen LogP contribution in [0.15, 0.2) is 0 Å². The molecule has 0 aliphatic heterocycles. The van der Waals surface area contributed by atoms with Crippen molar-refractivity contribution < 1.29 is 14.6 Å². The Morgan fingerprint density at radius 1 is 1.43 bits per heavy atom. The summed E-state index contributed by atoms with van der Waals surface area (Å²) in [6, 6.07) is -0.891. The van der Waals surface area contributed by atoms with Crippen LogP contribution in [0, 0.1) is 0 Å². The maximum Gasteiger partial charge on any atom is 0.325 e. The van der Waals surface area contributed by atoms with Gasteiger partial charge in [0.1, 0.15) is 6.04 Å². The van der Waals surface area contributed by atoms with Gasteiger partial charge in [-0.25, -0.2) is 0 Å². The Morgan fingerprint density at radius 2 is 1.93 bits per heavy atom. The van der Waals surface area contributed by atoms with E-state index in [4.69, 9.17) is 5.73 Å². The predicted molar refractivity (Wildman–Crippen MR) is 55.3 cm³/mol. The molecule has 0 amide bonds. The van der Waals surface area contributed by atoms with Gasteiger partial charge in [0.2, 0.25) is 0 Å². The highest BCUT2D eigenvalue weighted by molar-refractivity contribution is 5.85. The topological polar surface area (TPSA) is 72.5 Å². The van der Waals surface area contributed by atoms with Crippen LogP contribution in [-0.2, 0) is 9.53 Å². The number of carbonyl (C=O) groups is 1. The molecular weight excluding hydrogens is 206 g/mol. The number of nitrogens with two attached hydrogens (primary N) is 1. The summed E-state index contributed by atoms with van der Waals surface area (Å²) < 4.78 is 4.51. The lowest BCUT2D eigenvalue weighted by atomic mass is 9.80. The fraction of sp³-hybridized carbons (Fsp3) is 0.889. The summed E-state index contributed by atoms with van der Waals surface area (Å²) in [6.45, 7) is 0. The van der Waals surface area contributed by atoms with E-state index in [1.54, 1.807) is 0 Å². The van der Waals surface area contributed by atoms with E-state index < -0.39 is 17.6 Å². The maximum atomic E-state index is 11.1. The van der Waals surface area contributed by atoms with E-state index in [0.717, 1.165) is 19.3 Å².